The van der Waals surface area contributed by atoms with E-state index in [0.717, 1.165) is 5.56 Å². The normalized spacial score (nSPS) is 11.7. The molecule has 0 saturated carbocycles. The second-order valence-corrected chi connectivity index (χ2v) is 7.41. The quantitative estimate of drug-likeness (QED) is 0.693. The van der Waals surface area contributed by atoms with Crippen molar-refractivity contribution in [1.29, 1.82) is 0 Å². The van der Waals surface area contributed by atoms with Crippen molar-refractivity contribution in [3.05, 3.63) is 68.7 Å². The van der Waals surface area contributed by atoms with Gasteiger partial charge in [0.15, 0.2) is 0 Å². The molecule has 0 spiro atoms. The van der Waals surface area contributed by atoms with E-state index in [1.807, 2.05) is 19.1 Å². The second-order valence-electron chi connectivity index (χ2n) is 6.13. The first kappa shape index (κ1) is 21.5. The van der Waals surface area contributed by atoms with Crippen molar-refractivity contribution in [3.8, 4) is 0 Å². The van der Waals surface area contributed by atoms with Crippen LogP contribution in [0.2, 0.25) is 15.1 Å². The standard InChI is InChI=1S/C20H21Cl3N2O2/c1-3-24-20(27)13(2)25(12-14-5-4-6-16(21)9-14)19(26)10-15-7-8-17(22)11-18(15)23/h4-9,11,13H,3,10,12H2,1-2H3,(H,24,27)/t13-/m1/s1. The third-order valence-corrected chi connectivity index (χ3v) is 4.94. The van der Waals surface area contributed by atoms with Crippen LogP contribution in [0.4, 0.5) is 0 Å². The number of rotatable bonds is 7. The lowest BCUT2D eigenvalue weighted by molar-refractivity contribution is -0.140. The highest BCUT2D eigenvalue weighted by Crippen LogP contribution is 2.23. The number of carbonyl (C=O) groups excluding carboxylic acids is 2. The van der Waals surface area contributed by atoms with Gasteiger partial charge in [0.25, 0.3) is 0 Å². The summed E-state index contributed by atoms with van der Waals surface area (Å²) < 4.78 is 0. The second kappa shape index (κ2) is 9.98. The monoisotopic (exact) mass is 426 g/mol. The van der Waals surface area contributed by atoms with E-state index in [1.54, 1.807) is 37.3 Å². The first-order chi connectivity index (χ1) is 12.8. The fourth-order valence-corrected chi connectivity index (χ4v) is 3.35. The molecular weight excluding hydrogens is 407 g/mol. The number of nitrogens with zero attached hydrogens (tertiary/aromatic N) is 1. The number of amides is 2. The average Bonchev–Trinajstić information content (AvgIpc) is 2.61. The SMILES string of the molecule is CCNC(=O)[C@@H](C)N(Cc1cccc(Cl)c1)C(=O)Cc1ccc(Cl)cc1Cl. The molecule has 0 radical (unpaired) electrons. The van der Waals surface area contributed by atoms with Gasteiger partial charge >= 0.3 is 0 Å². The lowest BCUT2D eigenvalue weighted by Crippen LogP contribution is -2.48. The highest BCUT2D eigenvalue weighted by atomic mass is 35.5. The largest absolute Gasteiger partial charge is 0.355 e. The van der Waals surface area contributed by atoms with Gasteiger partial charge in [0, 0.05) is 28.2 Å². The average molecular weight is 428 g/mol. The zero-order valence-electron chi connectivity index (χ0n) is 15.1. The fourth-order valence-electron chi connectivity index (χ4n) is 2.67. The summed E-state index contributed by atoms with van der Waals surface area (Å²) >= 11 is 18.2. The Balaban J connectivity index is 2.26. The van der Waals surface area contributed by atoms with E-state index in [-0.39, 0.29) is 24.8 Å². The van der Waals surface area contributed by atoms with Crippen LogP contribution in [0.25, 0.3) is 0 Å². The van der Waals surface area contributed by atoms with Crippen LogP contribution in [0.1, 0.15) is 25.0 Å². The maximum Gasteiger partial charge on any atom is 0.242 e. The number of hydrogen-bond donors (Lipinski definition) is 1. The van der Waals surface area contributed by atoms with Crippen molar-refractivity contribution < 1.29 is 9.59 Å². The Morgan fingerprint density at radius 3 is 2.41 bits per heavy atom. The molecule has 0 saturated heterocycles. The highest BCUT2D eigenvalue weighted by Gasteiger charge is 2.26. The van der Waals surface area contributed by atoms with Crippen molar-refractivity contribution >= 4 is 46.6 Å². The molecule has 2 amide bonds. The summed E-state index contributed by atoms with van der Waals surface area (Å²) in [7, 11) is 0. The van der Waals surface area contributed by atoms with Crippen LogP contribution in [-0.2, 0) is 22.6 Å². The lowest BCUT2D eigenvalue weighted by Gasteiger charge is -2.29. The van der Waals surface area contributed by atoms with Crippen LogP contribution in [0.5, 0.6) is 0 Å². The molecule has 0 bridgehead atoms. The summed E-state index contributed by atoms with van der Waals surface area (Å²) in [5, 5.41) is 4.26. The number of likely N-dealkylation sites (N-methyl/N-ethyl adjacent to an activating group) is 1. The summed E-state index contributed by atoms with van der Waals surface area (Å²) in [4.78, 5) is 26.9. The topological polar surface area (TPSA) is 49.4 Å². The van der Waals surface area contributed by atoms with Gasteiger partial charge in [-0.05, 0) is 49.2 Å². The molecule has 1 atom stereocenters. The van der Waals surface area contributed by atoms with Crippen molar-refractivity contribution in [1.82, 2.24) is 10.2 Å². The minimum atomic E-state index is -0.637. The molecule has 0 aliphatic rings. The van der Waals surface area contributed by atoms with Crippen molar-refractivity contribution in [2.24, 2.45) is 0 Å². The molecule has 0 aliphatic carbocycles. The Kier molecular flexibility index (Phi) is 7.96. The molecule has 2 rings (SSSR count). The smallest absolute Gasteiger partial charge is 0.242 e. The van der Waals surface area contributed by atoms with E-state index < -0.39 is 6.04 Å². The highest BCUT2D eigenvalue weighted by molar-refractivity contribution is 6.35. The molecule has 0 aliphatic heterocycles. The number of nitrogens with one attached hydrogen (secondary N) is 1. The fraction of sp³-hybridized carbons (Fsp3) is 0.300. The van der Waals surface area contributed by atoms with Crippen LogP contribution in [0.3, 0.4) is 0 Å². The van der Waals surface area contributed by atoms with Crippen molar-refractivity contribution in [3.63, 3.8) is 0 Å². The number of carbonyl (C=O) groups is 2. The number of halogens is 3. The van der Waals surface area contributed by atoms with E-state index in [9.17, 15) is 9.59 Å². The minimum absolute atomic E-state index is 0.0698. The summed E-state index contributed by atoms with van der Waals surface area (Å²) in [6.07, 6.45) is 0.0698. The van der Waals surface area contributed by atoms with Gasteiger partial charge in [0.1, 0.15) is 6.04 Å². The van der Waals surface area contributed by atoms with E-state index in [1.165, 1.54) is 4.90 Å². The van der Waals surface area contributed by atoms with E-state index in [0.29, 0.717) is 27.2 Å². The van der Waals surface area contributed by atoms with E-state index in [4.69, 9.17) is 34.8 Å². The van der Waals surface area contributed by atoms with Gasteiger partial charge in [-0.3, -0.25) is 9.59 Å². The predicted octanol–water partition coefficient (Wildman–Crippen LogP) is 4.74. The summed E-state index contributed by atoms with van der Waals surface area (Å²) in [6, 6.07) is 11.6. The maximum atomic E-state index is 13.0. The molecule has 27 heavy (non-hydrogen) atoms. The molecule has 0 fully saturated rings. The van der Waals surface area contributed by atoms with Gasteiger partial charge in [0.2, 0.25) is 11.8 Å². The number of benzene rings is 2. The first-order valence-corrected chi connectivity index (χ1v) is 9.70. The summed E-state index contributed by atoms with van der Waals surface area (Å²) in [6.45, 7) is 4.30. The van der Waals surface area contributed by atoms with E-state index in [2.05, 4.69) is 5.32 Å². The molecule has 0 aromatic heterocycles. The Hall–Kier alpha value is -1.75. The number of hydrogen-bond acceptors (Lipinski definition) is 2. The minimum Gasteiger partial charge on any atom is -0.355 e. The molecule has 1 N–H and O–H groups in total. The van der Waals surface area contributed by atoms with Crippen molar-refractivity contribution in [2.45, 2.75) is 32.9 Å². The Morgan fingerprint density at radius 1 is 1.07 bits per heavy atom. The summed E-state index contributed by atoms with van der Waals surface area (Å²) in [5.41, 5.74) is 1.50. The van der Waals surface area contributed by atoms with Crippen LogP contribution >= 0.6 is 34.8 Å². The molecule has 144 valence electrons. The van der Waals surface area contributed by atoms with Gasteiger partial charge < -0.3 is 10.2 Å². The van der Waals surface area contributed by atoms with Crippen LogP contribution in [0.15, 0.2) is 42.5 Å². The molecule has 4 nitrogen and oxygen atoms in total. The Labute approximate surface area is 174 Å². The molecule has 2 aromatic rings. The zero-order valence-corrected chi connectivity index (χ0v) is 17.4. The third kappa shape index (κ3) is 6.13. The van der Waals surface area contributed by atoms with Gasteiger partial charge in [-0.25, -0.2) is 0 Å². The molecule has 0 unspecified atom stereocenters. The van der Waals surface area contributed by atoms with Crippen LogP contribution < -0.4 is 5.32 Å². The van der Waals surface area contributed by atoms with Gasteiger partial charge in [-0.2, -0.15) is 0 Å². The zero-order chi connectivity index (χ0) is 20.0. The Morgan fingerprint density at radius 2 is 1.78 bits per heavy atom. The lowest BCUT2D eigenvalue weighted by atomic mass is 10.1. The van der Waals surface area contributed by atoms with Gasteiger partial charge in [0.05, 0.1) is 6.42 Å². The third-order valence-electron chi connectivity index (χ3n) is 4.12. The van der Waals surface area contributed by atoms with Crippen LogP contribution in [-0.4, -0.2) is 29.3 Å². The molecule has 0 heterocycles. The summed E-state index contributed by atoms with van der Waals surface area (Å²) in [5.74, 6) is -0.423. The Bertz CT molecular complexity index is 827. The van der Waals surface area contributed by atoms with E-state index >= 15 is 0 Å². The van der Waals surface area contributed by atoms with Crippen molar-refractivity contribution in [2.75, 3.05) is 6.54 Å². The van der Waals surface area contributed by atoms with Crippen LogP contribution in [0, 0.1) is 0 Å². The first-order valence-electron chi connectivity index (χ1n) is 8.57. The van der Waals surface area contributed by atoms with Gasteiger partial charge in [-0.1, -0.05) is 53.0 Å². The molecule has 2 aromatic carbocycles. The molecule has 7 heteroatoms. The molecular formula is C20H21Cl3N2O2. The van der Waals surface area contributed by atoms with Gasteiger partial charge in [-0.15, -0.1) is 0 Å². The maximum absolute atomic E-state index is 13.0. The predicted molar refractivity (Wildman–Crippen MR) is 110 cm³/mol.